The lowest BCUT2D eigenvalue weighted by molar-refractivity contribution is 0.0208. The number of guanidine groups is 1. The molecule has 0 bridgehead atoms. The predicted octanol–water partition coefficient (Wildman–Crippen LogP) is 2.52. The number of piperidine rings is 2. The van der Waals surface area contributed by atoms with Crippen LogP contribution >= 0.6 is 24.0 Å². The molecule has 2 fully saturated rings. The SMILES string of the molecule is CCNC(=NCC1(N2CCCCC2)CCN(C)CC1)NC(C)C.I. The van der Waals surface area contributed by atoms with Crippen LogP contribution in [-0.4, -0.2) is 73.7 Å². The van der Waals surface area contributed by atoms with Gasteiger partial charge in [-0.15, -0.1) is 24.0 Å². The Balaban J connectivity index is 0.00000288. The summed E-state index contributed by atoms with van der Waals surface area (Å²) in [7, 11) is 2.24. The fourth-order valence-corrected chi connectivity index (χ4v) is 3.80. The van der Waals surface area contributed by atoms with Crippen molar-refractivity contribution in [3.63, 3.8) is 0 Å². The third-order valence-electron chi connectivity index (χ3n) is 5.25. The first-order valence-electron chi connectivity index (χ1n) is 9.54. The fraction of sp³-hybridized carbons (Fsp3) is 0.944. The smallest absolute Gasteiger partial charge is 0.191 e. The molecule has 24 heavy (non-hydrogen) atoms. The lowest BCUT2D eigenvalue weighted by Crippen LogP contribution is -2.58. The summed E-state index contributed by atoms with van der Waals surface area (Å²) in [5.41, 5.74) is 0.270. The average molecular weight is 451 g/mol. The van der Waals surface area contributed by atoms with E-state index in [2.05, 4.69) is 48.3 Å². The molecule has 5 nitrogen and oxygen atoms in total. The molecule has 0 atom stereocenters. The van der Waals surface area contributed by atoms with Crippen molar-refractivity contribution >= 4 is 29.9 Å². The van der Waals surface area contributed by atoms with E-state index in [1.807, 2.05) is 0 Å². The molecule has 142 valence electrons. The van der Waals surface area contributed by atoms with Crippen LogP contribution in [0.3, 0.4) is 0 Å². The fourth-order valence-electron chi connectivity index (χ4n) is 3.80. The van der Waals surface area contributed by atoms with Gasteiger partial charge in [-0.25, -0.2) is 0 Å². The van der Waals surface area contributed by atoms with Crippen molar-refractivity contribution in [2.45, 2.75) is 64.5 Å². The highest BCUT2D eigenvalue weighted by molar-refractivity contribution is 14.0. The standard InChI is InChI=1S/C18H37N5.HI/c1-5-19-17(21-16(2)3)20-15-18(9-13-22(4)14-10-18)23-11-7-6-8-12-23;/h16H,5-15H2,1-4H3,(H2,19,20,21);1H. The molecule has 2 aliphatic heterocycles. The molecular formula is C18H38IN5. The molecule has 0 aromatic rings. The molecule has 0 saturated carbocycles. The Morgan fingerprint density at radius 1 is 1.08 bits per heavy atom. The van der Waals surface area contributed by atoms with Gasteiger partial charge in [0.15, 0.2) is 5.96 Å². The second-order valence-corrected chi connectivity index (χ2v) is 7.57. The minimum atomic E-state index is 0. The quantitative estimate of drug-likeness (QED) is 0.383. The van der Waals surface area contributed by atoms with E-state index in [4.69, 9.17) is 4.99 Å². The van der Waals surface area contributed by atoms with Gasteiger partial charge in [0, 0.05) is 18.1 Å². The summed E-state index contributed by atoms with van der Waals surface area (Å²) in [5.74, 6) is 0.970. The second kappa shape index (κ2) is 10.8. The Hall–Kier alpha value is -0.0800. The van der Waals surface area contributed by atoms with Crippen molar-refractivity contribution in [1.29, 1.82) is 0 Å². The maximum absolute atomic E-state index is 4.98. The number of nitrogens with zero attached hydrogens (tertiary/aromatic N) is 3. The molecule has 0 aromatic carbocycles. The van der Waals surface area contributed by atoms with E-state index in [1.165, 1.54) is 58.3 Å². The molecular weight excluding hydrogens is 413 g/mol. The number of aliphatic imine (C=N–C) groups is 1. The van der Waals surface area contributed by atoms with Crippen LogP contribution in [0.25, 0.3) is 0 Å². The van der Waals surface area contributed by atoms with Gasteiger partial charge < -0.3 is 15.5 Å². The summed E-state index contributed by atoms with van der Waals surface area (Å²) in [6, 6.07) is 0.413. The first kappa shape index (κ1) is 22.0. The number of halogens is 1. The number of rotatable bonds is 5. The molecule has 6 heteroatoms. The maximum atomic E-state index is 4.98. The summed E-state index contributed by atoms with van der Waals surface area (Å²) in [6.45, 7) is 13.2. The van der Waals surface area contributed by atoms with E-state index in [9.17, 15) is 0 Å². The number of hydrogen-bond acceptors (Lipinski definition) is 3. The van der Waals surface area contributed by atoms with Crippen molar-refractivity contribution in [3.05, 3.63) is 0 Å². The van der Waals surface area contributed by atoms with Crippen molar-refractivity contribution in [1.82, 2.24) is 20.4 Å². The lowest BCUT2D eigenvalue weighted by atomic mass is 9.84. The highest BCUT2D eigenvalue weighted by Gasteiger charge is 2.39. The molecule has 2 N–H and O–H groups in total. The molecule has 0 spiro atoms. The second-order valence-electron chi connectivity index (χ2n) is 7.57. The van der Waals surface area contributed by atoms with Gasteiger partial charge in [0.2, 0.25) is 0 Å². The molecule has 2 heterocycles. The van der Waals surface area contributed by atoms with E-state index >= 15 is 0 Å². The molecule has 0 aliphatic carbocycles. The van der Waals surface area contributed by atoms with Gasteiger partial charge in [-0.05, 0) is 79.7 Å². The van der Waals surface area contributed by atoms with Crippen LogP contribution in [0.1, 0.15) is 52.9 Å². The topological polar surface area (TPSA) is 42.9 Å². The number of hydrogen-bond donors (Lipinski definition) is 2. The van der Waals surface area contributed by atoms with Gasteiger partial charge in [-0.1, -0.05) is 6.42 Å². The van der Waals surface area contributed by atoms with E-state index in [0.29, 0.717) is 6.04 Å². The summed E-state index contributed by atoms with van der Waals surface area (Å²) < 4.78 is 0. The van der Waals surface area contributed by atoms with Crippen molar-refractivity contribution in [3.8, 4) is 0 Å². The Morgan fingerprint density at radius 2 is 1.71 bits per heavy atom. The normalized spacial score (nSPS) is 23.0. The third kappa shape index (κ3) is 6.33. The van der Waals surface area contributed by atoms with Crippen LogP contribution in [-0.2, 0) is 0 Å². The van der Waals surface area contributed by atoms with Gasteiger partial charge in [-0.3, -0.25) is 9.89 Å². The zero-order valence-corrected chi connectivity index (χ0v) is 18.4. The maximum Gasteiger partial charge on any atom is 0.191 e. The highest BCUT2D eigenvalue weighted by Crippen LogP contribution is 2.31. The number of nitrogens with one attached hydrogen (secondary N) is 2. The van der Waals surface area contributed by atoms with Gasteiger partial charge in [0.05, 0.1) is 6.54 Å². The molecule has 0 aromatic heterocycles. The van der Waals surface area contributed by atoms with E-state index < -0.39 is 0 Å². The zero-order valence-electron chi connectivity index (χ0n) is 16.1. The lowest BCUT2D eigenvalue weighted by Gasteiger charge is -2.49. The highest BCUT2D eigenvalue weighted by atomic mass is 127. The largest absolute Gasteiger partial charge is 0.357 e. The molecule has 2 rings (SSSR count). The zero-order chi connectivity index (χ0) is 16.7. The van der Waals surface area contributed by atoms with Crippen molar-refractivity contribution in [2.24, 2.45) is 4.99 Å². The van der Waals surface area contributed by atoms with Crippen LogP contribution in [0.2, 0.25) is 0 Å². The summed E-state index contributed by atoms with van der Waals surface area (Å²) in [6.07, 6.45) is 6.59. The van der Waals surface area contributed by atoms with Crippen LogP contribution in [0.4, 0.5) is 0 Å². The van der Waals surface area contributed by atoms with Crippen LogP contribution in [0.5, 0.6) is 0 Å². The van der Waals surface area contributed by atoms with E-state index in [1.54, 1.807) is 0 Å². The summed E-state index contributed by atoms with van der Waals surface area (Å²) >= 11 is 0. The average Bonchev–Trinajstić information content (AvgIpc) is 2.55. The molecule has 0 radical (unpaired) electrons. The molecule has 2 saturated heterocycles. The first-order chi connectivity index (χ1) is 11.1. The van der Waals surface area contributed by atoms with Gasteiger partial charge >= 0.3 is 0 Å². The van der Waals surface area contributed by atoms with Gasteiger partial charge in [-0.2, -0.15) is 0 Å². The van der Waals surface area contributed by atoms with E-state index in [0.717, 1.165) is 19.0 Å². The minimum absolute atomic E-state index is 0. The van der Waals surface area contributed by atoms with Gasteiger partial charge in [0.25, 0.3) is 0 Å². The number of likely N-dealkylation sites (tertiary alicyclic amines) is 2. The summed E-state index contributed by atoms with van der Waals surface area (Å²) in [5, 5.41) is 6.85. The van der Waals surface area contributed by atoms with Crippen LogP contribution in [0, 0.1) is 0 Å². The van der Waals surface area contributed by atoms with E-state index in [-0.39, 0.29) is 29.5 Å². The Labute approximate surface area is 166 Å². The third-order valence-corrected chi connectivity index (χ3v) is 5.25. The molecule has 2 aliphatic rings. The van der Waals surface area contributed by atoms with Crippen molar-refractivity contribution < 1.29 is 0 Å². The first-order valence-corrected chi connectivity index (χ1v) is 9.54. The molecule has 0 unspecified atom stereocenters. The van der Waals surface area contributed by atoms with Gasteiger partial charge in [0.1, 0.15) is 0 Å². The van der Waals surface area contributed by atoms with Crippen LogP contribution < -0.4 is 10.6 Å². The Bertz CT molecular complexity index is 372. The monoisotopic (exact) mass is 451 g/mol. The molecule has 0 amide bonds. The van der Waals surface area contributed by atoms with Crippen LogP contribution in [0.15, 0.2) is 4.99 Å². The predicted molar refractivity (Wildman–Crippen MR) is 115 cm³/mol. The Kier molecular flexibility index (Phi) is 9.89. The summed E-state index contributed by atoms with van der Waals surface area (Å²) in [4.78, 5) is 10.2. The Morgan fingerprint density at radius 3 is 2.25 bits per heavy atom. The van der Waals surface area contributed by atoms with Crippen molar-refractivity contribution in [2.75, 3.05) is 46.3 Å². The minimum Gasteiger partial charge on any atom is -0.357 e.